The van der Waals surface area contributed by atoms with Gasteiger partial charge in [-0.3, -0.25) is 19.9 Å². The highest BCUT2D eigenvalue weighted by Gasteiger charge is 2.25. The number of nitrogens with one attached hydrogen (secondary N) is 1. The standard InChI is InChI=1S/C32H39N3O2S/c1-24-6-9-27(35(23-36)32-5-3-4-18-33-32)21-31(24)26-16-19-34(20-17-26)22-25-7-12-29(13-8-25)38-30-14-10-28(37-2)11-15-30/h6-15,21,23,26,32-33H,3-5,16-20,22H2,1-2H3/t32-/m0/s1. The van der Waals surface area contributed by atoms with Crippen molar-refractivity contribution in [3.8, 4) is 5.75 Å². The van der Waals surface area contributed by atoms with Gasteiger partial charge in [0.05, 0.1) is 13.3 Å². The molecule has 0 unspecified atom stereocenters. The molecule has 38 heavy (non-hydrogen) atoms. The van der Waals surface area contributed by atoms with Crippen molar-refractivity contribution in [1.29, 1.82) is 0 Å². The molecule has 3 aromatic carbocycles. The van der Waals surface area contributed by atoms with Crippen LogP contribution >= 0.6 is 11.8 Å². The molecule has 6 heteroatoms. The van der Waals surface area contributed by atoms with E-state index in [1.54, 1.807) is 18.9 Å². The lowest BCUT2D eigenvalue weighted by atomic mass is 9.86. The maximum atomic E-state index is 12.0. The fraction of sp³-hybridized carbons (Fsp3) is 0.406. The molecule has 2 aliphatic rings. The minimum absolute atomic E-state index is 0.111. The first-order valence-electron chi connectivity index (χ1n) is 13.8. The van der Waals surface area contributed by atoms with Gasteiger partial charge in [0.15, 0.2) is 0 Å². The number of ether oxygens (including phenoxy) is 1. The van der Waals surface area contributed by atoms with Crippen molar-refractivity contribution in [3.63, 3.8) is 0 Å². The number of carbonyl (C=O) groups excluding carboxylic acids is 1. The van der Waals surface area contributed by atoms with Crippen molar-refractivity contribution in [2.45, 2.75) is 67.4 Å². The summed E-state index contributed by atoms with van der Waals surface area (Å²) in [7, 11) is 1.70. The smallest absolute Gasteiger partial charge is 0.215 e. The van der Waals surface area contributed by atoms with Crippen LogP contribution in [0.3, 0.4) is 0 Å². The van der Waals surface area contributed by atoms with Crippen LogP contribution in [0.4, 0.5) is 5.69 Å². The van der Waals surface area contributed by atoms with Gasteiger partial charge in [-0.2, -0.15) is 0 Å². The lowest BCUT2D eigenvalue weighted by Gasteiger charge is -2.35. The number of amides is 1. The number of aryl methyl sites for hydroxylation is 1. The maximum Gasteiger partial charge on any atom is 0.215 e. The fourth-order valence-corrected chi connectivity index (χ4v) is 6.53. The van der Waals surface area contributed by atoms with E-state index in [2.05, 4.69) is 71.7 Å². The number of piperidine rings is 2. The summed E-state index contributed by atoms with van der Waals surface area (Å²) >= 11 is 1.78. The molecule has 0 spiro atoms. The Morgan fingerprint density at radius 3 is 2.32 bits per heavy atom. The van der Waals surface area contributed by atoms with E-state index in [4.69, 9.17) is 4.74 Å². The number of hydrogen-bond acceptors (Lipinski definition) is 5. The van der Waals surface area contributed by atoms with E-state index in [0.717, 1.165) is 63.3 Å². The van der Waals surface area contributed by atoms with Gasteiger partial charge < -0.3 is 4.74 Å². The summed E-state index contributed by atoms with van der Waals surface area (Å²) in [6.07, 6.45) is 6.79. The summed E-state index contributed by atoms with van der Waals surface area (Å²) in [4.78, 5) is 18.9. The first-order chi connectivity index (χ1) is 18.6. The quantitative estimate of drug-likeness (QED) is 0.317. The molecule has 1 N–H and O–H groups in total. The van der Waals surface area contributed by atoms with E-state index in [0.29, 0.717) is 5.92 Å². The van der Waals surface area contributed by atoms with Gasteiger partial charge in [-0.25, -0.2) is 0 Å². The van der Waals surface area contributed by atoms with Crippen LogP contribution in [0, 0.1) is 6.92 Å². The molecule has 2 fully saturated rings. The van der Waals surface area contributed by atoms with Crippen molar-refractivity contribution >= 4 is 23.9 Å². The van der Waals surface area contributed by atoms with E-state index < -0.39 is 0 Å². The zero-order chi connectivity index (χ0) is 26.3. The Kier molecular flexibility index (Phi) is 9.05. The molecule has 1 amide bonds. The molecular weight excluding hydrogens is 490 g/mol. The monoisotopic (exact) mass is 529 g/mol. The Morgan fingerprint density at radius 2 is 1.68 bits per heavy atom. The minimum atomic E-state index is 0.111. The lowest BCUT2D eigenvalue weighted by molar-refractivity contribution is -0.108. The van der Waals surface area contributed by atoms with E-state index in [-0.39, 0.29) is 6.17 Å². The molecule has 200 valence electrons. The molecule has 0 saturated carbocycles. The third kappa shape index (κ3) is 6.60. The Labute approximate surface area is 231 Å². The van der Waals surface area contributed by atoms with Crippen LogP contribution in [0.1, 0.15) is 54.7 Å². The number of anilines is 1. The predicted molar refractivity (Wildman–Crippen MR) is 156 cm³/mol. The number of methoxy groups -OCH3 is 1. The molecule has 0 radical (unpaired) electrons. The highest BCUT2D eigenvalue weighted by molar-refractivity contribution is 7.99. The summed E-state index contributed by atoms with van der Waals surface area (Å²) in [5.74, 6) is 1.43. The van der Waals surface area contributed by atoms with Crippen LogP contribution in [0.5, 0.6) is 5.75 Å². The maximum absolute atomic E-state index is 12.0. The summed E-state index contributed by atoms with van der Waals surface area (Å²) in [6.45, 7) is 6.37. The van der Waals surface area contributed by atoms with Crippen molar-refractivity contribution in [2.24, 2.45) is 0 Å². The van der Waals surface area contributed by atoms with Crippen molar-refractivity contribution in [1.82, 2.24) is 10.2 Å². The zero-order valence-corrected chi connectivity index (χ0v) is 23.4. The van der Waals surface area contributed by atoms with Crippen LogP contribution in [0.25, 0.3) is 0 Å². The third-order valence-electron chi connectivity index (χ3n) is 7.95. The van der Waals surface area contributed by atoms with Crippen LogP contribution < -0.4 is 15.0 Å². The van der Waals surface area contributed by atoms with E-state index >= 15 is 0 Å². The Balaban J connectivity index is 1.16. The molecule has 0 bridgehead atoms. The van der Waals surface area contributed by atoms with Gasteiger partial charge in [0, 0.05) is 22.0 Å². The molecule has 5 rings (SSSR count). The minimum Gasteiger partial charge on any atom is -0.497 e. The van der Waals surface area contributed by atoms with Crippen LogP contribution in [0.15, 0.2) is 76.5 Å². The second kappa shape index (κ2) is 12.8. The van der Waals surface area contributed by atoms with E-state index in [1.807, 2.05) is 17.0 Å². The molecule has 0 aromatic heterocycles. The summed E-state index contributed by atoms with van der Waals surface area (Å²) in [5, 5.41) is 3.51. The van der Waals surface area contributed by atoms with Crippen molar-refractivity contribution < 1.29 is 9.53 Å². The van der Waals surface area contributed by atoms with Crippen LogP contribution in [-0.4, -0.2) is 44.2 Å². The summed E-state index contributed by atoms with van der Waals surface area (Å²) in [5.41, 5.74) is 5.13. The van der Waals surface area contributed by atoms with Crippen LogP contribution in [-0.2, 0) is 11.3 Å². The number of rotatable bonds is 9. The van der Waals surface area contributed by atoms with Crippen molar-refractivity contribution in [2.75, 3.05) is 31.6 Å². The number of benzene rings is 3. The molecular formula is C32H39N3O2S. The Morgan fingerprint density at radius 1 is 0.974 bits per heavy atom. The molecule has 3 aromatic rings. The number of nitrogens with zero attached hydrogens (tertiary/aromatic N) is 2. The average Bonchev–Trinajstić information content (AvgIpc) is 2.97. The van der Waals surface area contributed by atoms with Gasteiger partial charge >= 0.3 is 0 Å². The zero-order valence-electron chi connectivity index (χ0n) is 22.6. The van der Waals surface area contributed by atoms with Gasteiger partial charge in [-0.05, 0) is 130 Å². The van der Waals surface area contributed by atoms with Gasteiger partial charge in [0.1, 0.15) is 5.75 Å². The second-order valence-corrected chi connectivity index (χ2v) is 11.6. The highest BCUT2D eigenvalue weighted by atomic mass is 32.2. The number of carbonyl (C=O) groups is 1. The normalized spacial score (nSPS) is 18.7. The topological polar surface area (TPSA) is 44.8 Å². The molecule has 0 aliphatic carbocycles. The van der Waals surface area contributed by atoms with E-state index in [9.17, 15) is 4.79 Å². The Bertz CT molecular complexity index is 1180. The molecule has 5 nitrogen and oxygen atoms in total. The molecule has 2 heterocycles. The highest BCUT2D eigenvalue weighted by Crippen LogP contribution is 2.34. The second-order valence-electron chi connectivity index (χ2n) is 10.5. The predicted octanol–water partition coefficient (Wildman–Crippen LogP) is 6.60. The van der Waals surface area contributed by atoms with E-state index in [1.165, 1.54) is 39.3 Å². The first kappa shape index (κ1) is 26.8. The fourth-order valence-electron chi connectivity index (χ4n) is 5.72. The third-order valence-corrected chi connectivity index (χ3v) is 8.96. The van der Waals surface area contributed by atoms with Crippen LogP contribution in [0.2, 0.25) is 0 Å². The van der Waals surface area contributed by atoms with Gasteiger partial charge in [-0.15, -0.1) is 0 Å². The van der Waals surface area contributed by atoms with Gasteiger partial charge in [0.2, 0.25) is 6.41 Å². The Hall–Kier alpha value is -2.80. The molecule has 2 aliphatic heterocycles. The lowest BCUT2D eigenvalue weighted by Crippen LogP contribution is -2.47. The van der Waals surface area contributed by atoms with Gasteiger partial charge in [-0.1, -0.05) is 30.0 Å². The number of likely N-dealkylation sites (tertiary alicyclic amines) is 1. The number of hydrogen-bond donors (Lipinski definition) is 1. The molecule has 1 atom stereocenters. The molecule has 2 saturated heterocycles. The van der Waals surface area contributed by atoms with Gasteiger partial charge in [0.25, 0.3) is 0 Å². The largest absolute Gasteiger partial charge is 0.497 e. The summed E-state index contributed by atoms with van der Waals surface area (Å²) < 4.78 is 5.26. The first-order valence-corrected chi connectivity index (χ1v) is 14.7. The SMILES string of the molecule is COc1ccc(Sc2ccc(CN3CCC(c4cc(N(C=O)[C@H]5CCCCN5)ccc4C)CC3)cc2)cc1. The van der Waals surface area contributed by atoms with Crippen molar-refractivity contribution in [3.05, 3.63) is 83.4 Å². The summed E-state index contributed by atoms with van der Waals surface area (Å²) in [6, 6.07) is 23.8. The average molecular weight is 530 g/mol.